The molecule has 2 aromatic carbocycles. The van der Waals surface area contributed by atoms with Gasteiger partial charge in [0.05, 0.1) is 16.7 Å². The van der Waals surface area contributed by atoms with E-state index in [2.05, 4.69) is 14.8 Å². The Balaban J connectivity index is 1.39. The predicted molar refractivity (Wildman–Crippen MR) is 104 cm³/mol. The molecule has 0 bridgehead atoms. The fraction of sp³-hybridized carbons (Fsp3) is 0.350. The maximum Gasteiger partial charge on any atom is 0.326 e. The third kappa shape index (κ3) is 3.20. The van der Waals surface area contributed by atoms with Crippen molar-refractivity contribution >= 4 is 16.7 Å². The van der Waals surface area contributed by atoms with Gasteiger partial charge in [-0.2, -0.15) is 0 Å². The lowest BCUT2D eigenvalue weighted by molar-refractivity contribution is 0.247. The second kappa shape index (κ2) is 6.88. The molecule has 0 atom stereocenters. The van der Waals surface area contributed by atoms with Crippen LogP contribution in [0.4, 0.5) is 5.69 Å². The Morgan fingerprint density at radius 2 is 1.81 bits per heavy atom. The van der Waals surface area contributed by atoms with Crippen LogP contribution in [0.2, 0.25) is 0 Å². The van der Waals surface area contributed by atoms with E-state index in [1.165, 1.54) is 0 Å². The van der Waals surface area contributed by atoms with Crippen molar-refractivity contribution in [3.05, 3.63) is 58.5 Å². The fourth-order valence-corrected chi connectivity index (χ4v) is 3.67. The van der Waals surface area contributed by atoms with Gasteiger partial charge in [-0.15, -0.1) is 0 Å². The average molecular weight is 352 g/mol. The van der Waals surface area contributed by atoms with Crippen LogP contribution >= 0.6 is 0 Å². The van der Waals surface area contributed by atoms with Crippen molar-refractivity contribution in [2.75, 3.05) is 37.6 Å². The van der Waals surface area contributed by atoms with Gasteiger partial charge in [-0.1, -0.05) is 18.2 Å². The number of fused-ring (bicyclic) bond motifs is 1. The van der Waals surface area contributed by atoms with Gasteiger partial charge >= 0.3 is 5.69 Å². The molecule has 26 heavy (non-hydrogen) atoms. The highest BCUT2D eigenvalue weighted by Gasteiger charge is 2.19. The first-order chi connectivity index (χ1) is 12.6. The number of rotatable bonds is 4. The van der Waals surface area contributed by atoms with Crippen molar-refractivity contribution in [2.24, 2.45) is 0 Å². The van der Waals surface area contributed by atoms with Gasteiger partial charge in [0.15, 0.2) is 0 Å². The molecular formula is C20H24N4O2. The van der Waals surface area contributed by atoms with E-state index in [1.54, 1.807) is 6.07 Å². The molecule has 1 fully saturated rings. The normalized spacial score (nSPS) is 15.7. The van der Waals surface area contributed by atoms with Crippen molar-refractivity contribution in [1.82, 2.24) is 14.5 Å². The molecule has 1 aliphatic rings. The number of aromatic hydroxyl groups is 1. The molecule has 2 N–H and O–H groups in total. The highest BCUT2D eigenvalue weighted by Crippen LogP contribution is 2.28. The number of piperazine rings is 1. The minimum atomic E-state index is -0.0467. The number of anilines is 1. The lowest BCUT2D eigenvalue weighted by Crippen LogP contribution is -2.47. The molecule has 136 valence electrons. The monoisotopic (exact) mass is 352 g/mol. The van der Waals surface area contributed by atoms with Gasteiger partial charge in [-0.25, -0.2) is 4.79 Å². The number of hydrogen-bond donors (Lipinski definition) is 2. The van der Waals surface area contributed by atoms with Gasteiger partial charge < -0.3 is 15.0 Å². The Morgan fingerprint density at radius 3 is 2.62 bits per heavy atom. The number of aryl methyl sites for hydroxylation is 1. The summed E-state index contributed by atoms with van der Waals surface area (Å²) in [5.74, 6) is 0.342. The topological polar surface area (TPSA) is 64.5 Å². The largest absolute Gasteiger partial charge is 0.506 e. The first-order valence-corrected chi connectivity index (χ1v) is 9.06. The molecule has 0 saturated carbocycles. The minimum Gasteiger partial charge on any atom is -0.506 e. The summed E-state index contributed by atoms with van der Waals surface area (Å²) in [5.41, 5.74) is 3.86. The highest BCUT2D eigenvalue weighted by molar-refractivity contribution is 5.74. The summed E-state index contributed by atoms with van der Waals surface area (Å²) < 4.78 is 1.81. The molecule has 0 aliphatic carbocycles. The number of phenols is 1. The molecule has 3 aromatic rings. The van der Waals surface area contributed by atoms with Crippen LogP contribution in [-0.4, -0.2) is 52.3 Å². The summed E-state index contributed by atoms with van der Waals surface area (Å²) in [6.45, 7) is 7.15. The third-order valence-electron chi connectivity index (χ3n) is 5.17. The van der Waals surface area contributed by atoms with Gasteiger partial charge in [0.2, 0.25) is 0 Å². The second-order valence-electron chi connectivity index (χ2n) is 6.92. The lowest BCUT2D eigenvalue weighted by atomic mass is 10.1. The Hall–Kier alpha value is -2.73. The minimum absolute atomic E-state index is 0.0467. The van der Waals surface area contributed by atoms with E-state index >= 15 is 0 Å². The smallest absolute Gasteiger partial charge is 0.326 e. The standard InChI is InChI=1S/C20H24N4O2/c1-15-6-7-19(25)18(14-15)23-11-8-22(9-12-23)10-13-24-17-5-3-2-4-16(17)21-20(24)26/h2-7,14,25H,8-13H2,1H3,(H,21,26). The van der Waals surface area contributed by atoms with E-state index in [0.717, 1.165) is 55.0 Å². The number of nitrogens with one attached hydrogen (secondary N) is 1. The number of aromatic nitrogens is 2. The van der Waals surface area contributed by atoms with Crippen molar-refractivity contribution in [3.8, 4) is 5.75 Å². The number of nitrogens with zero attached hydrogens (tertiary/aromatic N) is 3. The lowest BCUT2D eigenvalue weighted by Gasteiger charge is -2.36. The zero-order chi connectivity index (χ0) is 18.1. The number of H-pyrrole nitrogens is 1. The SMILES string of the molecule is Cc1ccc(O)c(N2CCN(CCn3c(=O)[nH]c4ccccc43)CC2)c1. The summed E-state index contributed by atoms with van der Waals surface area (Å²) in [7, 11) is 0. The van der Waals surface area contributed by atoms with E-state index in [0.29, 0.717) is 12.3 Å². The Morgan fingerprint density at radius 1 is 1.04 bits per heavy atom. The van der Waals surface area contributed by atoms with Crippen LogP contribution in [0.1, 0.15) is 5.56 Å². The molecule has 0 spiro atoms. The zero-order valence-corrected chi connectivity index (χ0v) is 15.0. The van der Waals surface area contributed by atoms with E-state index in [4.69, 9.17) is 0 Å². The first-order valence-electron chi connectivity index (χ1n) is 9.06. The Kier molecular flexibility index (Phi) is 4.42. The molecule has 1 aromatic heterocycles. The fourth-order valence-electron chi connectivity index (χ4n) is 3.67. The Bertz CT molecular complexity index is 967. The van der Waals surface area contributed by atoms with E-state index in [-0.39, 0.29) is 5.69 Å². The van der Waals surface area contributed by atoms with Crippen LogP contribution in [0.25, 0.3) is 11.0 Å². The quantitative estimate of drug-likeness (QED) is 0.755. The third-order valence-corrected chi connectivity index (χ3v) is 5.17. The molecule has 4 rings (SSSR count). The first kappa shape index (κ1) is 16.7. The van der Waals surface area contributed by atoms with Crippen LogP contribution < -0.4 is 10.6 Å². The molecular weight excluding hydrogens is 328 g/mol. The average Bonchev–Trinajstić information content (AvgIpc) is 2.97. The van der Waals surface area contributed by atoms with E-state index in [9.17, 15) is 9.90 Å². The van der Waals surface area contributed by atoms with E-state index in [1.807, 2.05) is 47.9 Å². The summed E-state index contributed by atoms with van der Waals surface area (Å²) in [5, 5.41) is 10.1. The number of benzene rings is 2. The van der Waals surface area contributed by atoms with Gasteiger partial charge in [-0.05, 0) is 36.8 Å². The van der Waals surface area contributed by atoms with Crippen LogP contribution in [0, 0.1) is 6.92 Å². The summed E-state index contributed by atoms with van der Waals surface area (Å²) in [6, 6.07) is 13.5. The number of imidazole rings is 1. The van der Waals surface area contributed by atoms with Gasteiger partial charge in [-0.3, -0.25) is 9.47 Å². The molecule has 6 nitrogen and oxygen atoms in total. The molecule has 0 radical (unpaired) electrons. The molecule has 0 unspecified atom stereocenters. The van der Waals surface area contributed by atoms with Gasteiger partial charge in [0.25, 0.3) is 0 Å². The van der Waals surface area contributed by atoms with Crippen LogP contribution in [0.5, 0.6) is 5.75 Å². The second-order valence-corrected chi connectivity index (χ2v) is 6.92. The summed E-state index contributed by atoms with van der Waals surface area (Å²) in [6.07, 6.45) is 0. The van der Waals surface area contributed by atoms with Crippen LogP contribution in [0.15, 0.2) is 47.3 Å². The van der Waals surface area contributed by atoms with Crippen molar-refractivity contribution in [3.63, 3.8) is 0 Å². The predicted octanol–water partition coefficient (Wildman–Crippen LogP) is 2.17. The molecule has 0 amide bonds. The number of phenolic OH excluding ortho intramolecular Hbond substituents is 1. The van der Waals surface area contributed by atoms with Crippen molar-refractivity contribution in [2.45, 2.75) is 13.5 Å². The van der Waals surface area contributed by atoms with Crippen molar-refractivity contribution < 1.29 is 5.11 Å². The van der Waals surface area contributed by atoms with Crippen LogP contribution in [-0.2, 0) is 6.54 Å². The molecule has 2 heterocycles. The molecule has 1 aliphatic heterocycles. The van der Waals surface area contributed by atoms with Gasteiger partial charge in [0.1, 0.15) is 5.75 Å². The maximum atomic E-state index is 12.2. The number of hydrogen-bond acceptors (Lipinski definition) is 4. The number of para-hydroxylation sites is 2. The summed E-state index contributed by atoms with van der Waals surface area (Å²) >= 11 is 0. The molecule has 6 heteroatoms. The van der Waals surface area contributed by atoms with Gasteiger partial charge in [0, 0.05) is 39.3 Å². The van der Waals surface area contributed by atoms with Crippen LogP contribution in [0.3, 0.4) is 0 Å². The number of aromatic amines is 1. The summed E-state index contributed by atoms with van der Waals surface area (Å²) in [4.78, 5) is 19.7. The highest BCUT2D eigenvalue weighted by atomic mass is 16.3. The maximum absolute atomic E-state index is 12.2. The Labute approximate surface area is 152 Å². The zero-order valence-electron chi connectivity index (χ0n) is 15.0. The van der Waals surface area contributed by atoms with Crippen molar-refractivity contribution in [1.29, 1.82) is 0 Å². The molecule has 1 saturated heterocycles. The van der Waals surface area contributed by atoms with E-state index < -0.39 is 0 Å².